The number of phenols is 2. The summed E-state index contributed by atoms with van der Waals surface area (Å²) in [5.74, 6) is 0.0528. The number of nitrogens with zero attached hydrogens (tertiary/aromatic N) is 4. The van der Waals surface area contributed by atoms with Crippen LogP contribution >= 0.6 is 0 Å². The molecule has 2 aromatic rings. The van der Waals surface area contributed by atoms with Crippen LogP contribution in [0.15, 0.2) is 34.5 Å². The predicted molar refractivity (Wildman–Crippen MR) is 154 cm³/mol. The first-order valence-electron chi connectivity index (χ1n) is 13.9. The van der Waals surface area contributed by atoms with E-state index in [0.717, 1.165) is 57.1 Å². The molecular formula is C29H44N4O6. The van der Waals surface area contributed by atoms with E-state index in [1.165, 1.54) is 19.3 Å². The van der Waals surface area contributed by atoms with Crippen LogP contribution in [0.1, 0.15) is 85.0 Å². The van der Waals surface area contributed by atoms with Gasteiger partial charge in [0.25, 0.3) is 0 Å². The standard InChI is InChI=1S/C29H44N4O6/c1-6-8-10-12-14-16-38-29-18-22(26(34)19-25(29)32(4)5)30-31-23-17-27(35)24(33(36)37)20-28(23)39-21(3)15-13-11-9-7-2/h17-21,34-35H,6-16H2,1-5H3/t21-/m0/s1. The zero-order valence-electron chi connectivity index (χ0n) is 24.0. The lowest BCUT2D eigenvalue weighted by Crippen LogP contribution is -2.11. The molecule has 0 aliphatic carbocycles. The number of nitro benzene ring substituents is 1. The van der Waals surface area contributed by atoms with Crippen LogP contribution in [0, 0.1) is 10.1 Å². The van der Waals surface area contributed by atoms with Gasteiger partial charge in [-0.15, -0.1) is 10.2 Å². The van der Waals surface area contributed by atoms with Crippen LogP contribution in [0.3, 0.4) is 0 Å². The Hall–Kier alpha value is -3.56. The quantitative estimate of drug-likeness (QED) is 0.0831. The minimum Gasteiger partial charge on any atom is -0.506 e. The summed E-state index contributed by atoms with van der Waals surface area (Å²) in [6.45, 7) is 6.75. The normalized spacial score (nSPS) is 12.0. The summed E-state index contributed by atoms with van der Waals surface area (Å²) in [7, 11) is 3.72. The Kier molecular flexibility index (Phi) is 13.3. The molecule has 2 rings (SSSR count). The fourth-order valence-corrected chi connectivity index (χ4v) is 4.09. The molecule has 39 heavy (non-hydrogen) atoms. The van der Waals surface area contributed by atoms with Crippen molar-refractivity contribution in [1.29, 1.82) is 0 Å². The number of azo groups is 1. The highest BCUT2D eigenvalue weighted by Gasteiger charge is 2.21. The second kappa shape index (κ2) is 16.4. The summed E-state index contributed by atoms with van der Waals surface area (Å²) >= 11 is 0. The Balaban J connectivity index is 2.31. The van der Waals surface area contributed by atoms with Crippen molar-refractivity contribution in [3.05, 3.63) is 34.4 Å². The first-order valence-corrected chi connectivity index (χ1v) is 13.9. The Labute approximate surface area is 231 Å². The lowest BCUT2D eigenvalue weighted by molar-refractivity contribution is -0.385. The highest BCUT2D eigenvalue weighted by Crippen LogP contribution is 2.43. The van der Waals surface area contributed by atoms with Gasteiger partial charge in [0.15, 0.2) is 11.5 Å². The topological polar surface area (TPSA) is 130 Å². The van der Waals surface area contributed by atoms with Crippen molar-refractivity contribution in [2.24, 2.45) is 10.2 Å². The number of hydrogen-bond acceptors (Lipinski definition) is 9. The fraction of sp³-hybridized carbons (Fsp3) is 0.586. The van der Waals surface area contributed by atoms with E-state index in [1.54, 1.807) is 12.1 Å². The molecule has 10 nitrogen and oxygen atoms in total. The Bertz CT molecular complexity index is 1090. The van der Waals surface area contributed by atoms with Crippen LogP contribution in [-0.4, -0.2) is 41.9 Å². The van der Waals surface area contributed by atoms with Crippen LogP contribution in [0.5, 0.6) is 23.0 Å². The minimum absolute atomic E-state index is 0.101. The summed E-state index contributed by atoms with van der Waals surface area (Å²) in [4.78, 5) is 12.6. The monoisotopic (exact) mass is 544 g/mol. The van der Waals surface area contributed by atoms with Gasteiger partial charge >= 0.3 is 5.69 Å². The van der Waals surface area contributed by atoms with E-state index < -0.39 is 16.4 Å². The molecule has 0 spiro atoms. The second-order valence-electron chi connectivity index (χ2n) is 10.0. The molecule has 0 fully saturated rings. The molecule has 2 N–H and O–H groups in total. The van der Waals surface area contributed by atoms with Crippen LogP contribution in [0.2, 0.25) is 0 Å². The van der Waals surface area contributed by atoms with Gasteiger partial charge in [-0.25, -0.2) is 0 Å². The summed E-state index contributed by atoms with van der Waals surface area (Å²) in [6.07, 6.45) is 10.4. The molecule has 0 saturated heterocycles. The number of unbranched alkanes of at least 4 members (excludes halogenated alkanes) is 7. The van der Waals surface area contributed by atoms with Gasteiger partial charge in [0.05, 0.1) is 29.4 Å². The molecule has 0 saturated carbocycles. The van der Waals surface area contributed by atoms with Gasteiger partial charge in [0.2, 0.25) is 0 Å². The van der Waals surface area contributed by atoms with Crippen molar-refractivity contribution in [2.45, 2.75) is 91.1 Å². The van der Waals surface area contributed by atoms with Crippen molar-refractivity contribution in [3.8, 4) is 23.0 Å². The fourth-order valence-electron chi connectivity index (χ4n) is 4.09. The molecule has 2 aromatic carbocycles. The van der Waals surface area contributed by atoms with Gasteiger partial charge in [0, 0.05) is 32.3 Å². The van der Waals surface area contributed by atoms with Crippen LogP contribution < -0.4 is 14.4 Å². The number of aromatic hydroxyl groups is 2. The molecule has 0 radical (unpaired) electrons. The summed E-state index contributed by atoms with van der Waals surface area (Å²) in [5, 5.41) is 40.6. The van der Waals surface area contributed by atoms with Gasteiger partial charge in [-0.1, -0.05) is 58.8 Å². The maximum absolute atomic E-state index is 11.4. The van der Waals surface area contributed by atoms with Gasteiger partial charge in [-0.2, -0.15) is 0 Å². The van der Waals surface area contributed by atoms with Gasteiger partial charge in [0.1, 0.15) is 22.9 Å². The SMILES string of the molecule is CCCCCCCOc1cc(N=Nc2cc(O)c([N+](=O)[O-])cc2O[C@@H](C)CCCCCC)c(O)cc1N(C)C. The lowest BCUT2D eigenvalue weighted by Gasteiger charge is -2.19. The molecule has 0 amide bonds. The van der Waals surface area contributed by atoms with Crippen molar-refractivity contribution >= 4 is 22.7 Å². The van der Waals surface area contributed by atoms with E-state index >= 15 is 0 Å². The van der Waals surface area contributed by atoms with E-state index in [0.29, 0.717) is 18.0 Å². The second-order valence-corrected chi connectivity index (χ2v) is 10.0. The number of anilines is 1. The van der Waals surface area contributed by atoms with E-state index in [9.17, 15) is 20.3 Å². The summed E-state index contributed by atoms with van der Waals surface area (Å²) in [6, 6.07) is 5.49. The van der Waals surface area contributed by atoms with Crippen LogP contribution in [-0.2, 0) is 0 Å². The van der Waals surface area contributed by atoms with E-state index in [-0.39, 0.29) is 29.0 Å². The molecule has 0 aliphatic rings. The van der Waals surface area contributed by atoms with Crippen LogP contribution in [0.4, 0.5) is 22.7 Å². The third kappa shape index (κ3) is 10.3. The first-order chi connectivity index (χ1) is 18.7. The molecule has 0 unspecified atom stereocenters. The predicted octanol–water partition coefficient (Wildman–Crippen LogP) is 8.57. The molecule has 0 aliphatic heterocycles. The Morgan fingerprint density at radius 2 is 1.51 bits per heavy atom. The zero-order valence-corrected chi connectivity index (χ0v) is 24.0. The molecule has 0 bridgehead atoms. The maximum atomic E-state index is 11.4. The first kappa shape index (κ1) is 31.7. The largest absolute Gasteiger partial charge is 0.506 e. The Morgan fingerprint density at radius 1 is 0.872 bits per heavy atom. The van der Waals surface area contributed by atoms with Crippen molar-refractivity contribution in [1.82, 2.24) is 0 Å². The number of hydrogen-bond donors (Lipinski definition) is 2. The molecule has 1 atom stereocenters. The molecule has 216 valence electrons. The molecule has 10 heteroatoms. The summed E-state index contributed by atoms with van der Waals surface area (Å²) < 4.78 is 12.0. The minimum atomic E-state index is -0.674. The third-order valence-electron chi connectivity index (χ3n) is 6.35. The maximum Gasteiger partial charge on any atom is 0.314 e. The lowest BCUT2D eigenvalue weighted by atomic mass is 10.1. The van der Waals surface area contributed by atoms with E-state index in [4.69, 9.17) is 9.47 Å². The summed E-state index contributed by atoms with van der Waals surface area (Å²) in [5.41, 5.74) is 0.509. The van der Waals surface area contributed by atoms with Crippen molar-refractivity contribution in [3.63, 3.8) is 0 Å². The van der Waals surface area contributed by atoms with Crippen molar-refractivity contribution < 1.29 is 24.6 Å². The van der Waals surface area contributed by atoms with Crippen LogP contribution in [0.25, 0.3) is 0 Å². The molecule has 0 heterocycles. The number of rotatable bonds is 18. The number of benzene rings is 2. The van der Waals surface area contributed by atoms with E-state index in [2.05, 4.69) is 24.1 Å². The average molecular weight is 545 g/mol. The van der Waals surface area contributed by atoms with Gasteiger partial charge in [-0.3, -0.25) is 10.1 Å². The third-order valence-corrected chi connectivity index (χ3v) is 6.35. The zero-order chi connectivity index (χ0) is 28.8. The number of phenolic OH excluding ortho intramolecular Hbond substituents is 2. The number of ether oxygens (including phenoxy) is 2. The smallest absolute Gasteiger partial charge is 0.314 e. The molecular weight excluding hydrogens is 500 g/mol. The highest BCUT2D eigenvalue weighted by molar-refractivity contribution is 5.69. The number of nitro groups is 1. The Morgan fingerprint density at radius 3 is 2.15 bits per heavy atom. The van der Waals surface area contributed by atoms with Gasteiger partial charge < -0.3 is 24.6 Å². The van der Waals surface area contributed by atoms with Crippen molar-refractivity contribution in [2.75, 3.05) is 25.6 Å². The highest BCUT2D eigenvalue weighted by atomic mass is 16.6. The van der Waals surface area contributed by atoms with Gasteiger partial charge in [-0.05, 0) is 26.2 Å². The molecule has 0 aromatic heterocycles. The average Bonchev–Trinajstić information content (AvgIpc) is 2.89. The van der Waals surface area contributed by atoms with E-state index in [1.807, 2.05) is 25.9 Å².